The van der Waals surface area contributed by atoms with E-state index < -0.39 is 0 Å². The zero-order valence-electron chi connectivity index (χ0n) is 8.11. The second-order valence-corrected chi connectivity index (χ2v) is 4.02. The van der Waals surface area contributed by atoms with Crippen molar-refractivity contribution in [3.63, 3.8) is 0 Å². The zero-order valence-corrected chi connectivity index (χ0v) is 9.63. The van der Waals surface area contributed by atoms with Crippen molar-refractivity contribution in [2.45, 2.75) is 13.5 Å². The van der Waals surface area contributed by atoms with E-state index in [2.05, 4.69) is 10.1 Å². The Labute approximate surface area is 97.7 Å². The molecule has 0 amide bonds. The summed E-state index contributed by atoms with van der Waals surface area (Å²) in [5.41, 5.74) is 2.00. The standard InChI is InChI=1S/C10H9Cl2N3/c1-7-9(11)5-14-15(7)6-8-2-3-13-10(12)4-8/h2-5H,6H2,1H3. The second kappa shape index (κ2) is 4.21. The molecule has 0 spiro atoms. The molecule has 3 nitrogen and oxygen atoms in total. The first-order valence-corrected chi connectivity index (χ1v) is 5.21. The van der Waals surface area contributed by atoms with Crippen LogP contribution in [0, 0.1) is 6.92 Å². The Morgan fingerprint density at radius 3 is 2.80 bits per heavy atom. The van der Waals surface area contributed by atoms with Gasteiger partial charge in [0.15, 0.2) is 0 Å². The first-order chi connectivity index (χ1) is 7.16. The van der Waals surface area contributed by atoms with Crippen LogP contribution in [0.25, 0.3) is 0 Å². The maximum absolute atomic E-state index is 5.91. The van der Waals surface area contributed by atoms with E-state index in [1.54, 1.807) is 12.4 Å². The van der Waals surface area contributed by atoms with Gasteiger partial charge in [-0.05, 0) is 24.6 Å². The molecule has 2 rings (SSSR count). The van der Waals surface area contributed by atoms with E-state index in [1.807, 2.05) is 23.7 Å². The summed E-state index contributed by atoms with van der Waals surface area (Å²) in [7, 11) is 0. The van der Waals surface area contributed by atoms with E-state index in [9.17, 15) is 0 Å². The molecule has 0 aliphatic heterocycles. The molecule has 5 heteroatoms. The van der Waals surface area contributed by atoms with Gasteiger partial charge in [0.2, 0.25) is 0 Å². The molecule has 2 heterocycles. The van der Waals surface area contributed by atoms with Gasteiger partial charge in [-0.3, -0.25) is 4.68 Å². The van der Waals surface area contributed by atoms with Crippen molar-refractivity contribution in [1.29, 1.82) is 0 Å². The summed E-state index contributed by atoms with van der Waals surface area (Å²) in [5.74, 6) is 0. The largest absolute Gasteiger partial charge is 0.264 e. The molecular weight excluding hydrogens is 233 g/mol. The molecule has 0 aromatic carbocycles. The van der Waals surface area contributed by atoms with Crippen molar-refractivity contribution >= 4 is 23.2 Å². The Bertz CT molecular complexity index is 479. The third-order valence-electron chi connectivity index (χ3n) is 2.17. The molecule has 15 heavy (non-hydrogen) atoms. The molecule has 0 atom stereocenters. The number of rotatable bonds is 2. The molecule has 2 aromatic heterocycles. The maximum Gasteiger partial charge on any atom is 0.129 e. The van der Waals surface area contributed by atoms with Gasteiger partial charge in [0.25, 0.3) is 0 Å². The van der Waals surface area contributed by atoms with Crippen LogP contribution in [0.15, 0.2) is 24.5 Å². The van der Waals surface area contributed by atoms with Crippen LogP contribution in [-0.2, 0) is 6.54 Å². The number of hydrogen-bond acceptors (Lipinski definition) is 2. The number of nitrogens with zero attached hydrogens (tertiary/aromatic N) is 3. The molecule has 0 aliphatic carbocycles. The lowest BCUT2D eigenvalue weighted by atomic mass is 10.3. The first-order valence-electron chi connectivity index (χ1n) is 4.45. The van der Waals surface area contributed by atoms with Gasteiger partial charge >= 0.3 is 0 Å². The van der Waals surface area contributed by atoms with Crippen LogP contribution >= 0.6 is 23.2 Å². The molecule has 0 saturated carbocycles. The number of halogens is 2. The second-order valence-electron chi connectivity index (χ2n) is 3.22. The van der Waals surface area contributed by atoms with E-state index in [4.69, 9.17) is 23.2 Å². The van der Waals surface area contributed by atoms with Gasteiger partial charge in [-0.2, -0.15) is 5.10 Å². The molecule has 0 unspecified atom stereocenters. The monoisotopic (exact) mass is 241 g/mol. The minimum atomic E-state index is 0.489. The molecule has 0 bridgehead atoms. The van der Waals surface area contributed by atoms with Crippen LogP contribution in [0.5, 0.6) is 0 Å². The summed E-state index contributed by atoms with van der Waals surface area (Å²) in [5, 5.41) is 5.33. The van der Waals surface area contributed by atoms with Crippen LogP contribution in [0.2, 0.25) is 10.2 Å². The number of hydrogen-bond donors (Lipinski definition) is 0. The Hall–Kier alpha value is -1.06. The highest BCUT2D eigenvalue weighted by Crippen LogP contribution is 2.15. The number of aromatic nitrogens is 3. The topological polar surface area (TPSA) is 30.7 Å². The Balaban J connectivity index is 2.26. The van der Waals surface area contributed by atoms with Gasteiger partial charge in [-0.25, -0.2) is 4.98 Å². The lowest BCUT2D eigenvalue weighted by molar-refractivity contribution is 0.664. The van der Waals surface area contributed by atoms with E-state index >= 15 is 0 Å². The average Bonchev–Trinajstić information content (AvgIpc) is 2.50. The summed E-state index contributed by atoms with van der Waals surface area (Å²) in [6.07, 6.45) is 3.32. The maximum atomic E-state index is 5.91. The number of pyridine rings is 1. The fourth-order valence-electron chi connectivity index (χ4n) is 1.30. The molecule has 0 N–H and O–H groups in total. The van der Waals surface area contributed by atoms with Crippen molar-refractivity contribution in [2.24, 2.45) is 0 Å². The minimum Gasteiger partial charge on any atom is -0.264 e. The fraction of sp³-hybridized carbons (Fsp3) is 0.200. The van der Waals surface area contributed by atoms with Crippen LogP contribution in [-0.4, -0.2) is 14.8 Å². The highest BCUT2D eigenvalue weighted by atomic mass is 35.5. The van der Waals surface area contributed by atoms with E-state index in [0.717, 1.165) is 11.3 Å². The zero-order chi connectivity index (χ0) is 10.8. The van der Waals surface area contributed by atoms with Crippen molar-refractivity contribution in [1.82, 2.24) is 14.8 Å². The summed E-state index contributed by atoms with van der Waals surface area (Å²) in [6, 6.07) is 3.72. The third kappa shape index (κ3) is 2.30. The lowest BCUT2D eigenvalue weighted by Crippen LogP contribution is -2.03. The van der Waals surface area contributed by atoms with Crippen LogP contribution in [0.4, 0.5) is 0 Å². The van der Waals surface area contributed by atoms with Gasteiger partial charge in [-0.1, -0.05) is 23.2 Å². The summed E-state index contributed by atoms with van der Waals surface area (Å²) < 4.78 is 1.83. The lowest BCUT2D eigenvalue weighted by Gasteiger charge is -2.04. The fourth-order valence-corrected chi connectivity index (χ4v) is 1.63. The molecule has 2 aromatic rings. The van der Waals surface area contributed by atoms with Gasteiger partial charge in [0, 0.05) is 6.20 Å². The first kappa shape index (κ1) is 10.5. The summed E-state index contributed by atoms with van der Waals surface area (Å²) in [6.45, 7) is 2.58. The highest BCUT2D eigenvalue weighted by Gasteiger charge is 2.04. The summed E-state index contributed by atoms with van der Waals surface area (Å²) in [4.78, 5) is 3.92. The molecule has 0 radical (unpaired) electrons. The predicted molar refractivity (Wildman–Crippen MR) is 60.3 cm³/mol. The van der Waals surface area contributed by atoms with E-state index in [0.29, 0.717) is 16.7 Å². The van der Waals surface area contributed by atoms with Crippen LogP contribution in [0.3, 0.4) is 0 Å². The Morgan fingerprint density at radius 2 is 2.20 bits per heavy atom. The Morgan fingerprint density at radius 1 is 1.40 bits per heavy atom. The molecule has 0 aliphatic rings. The highest BCUT2D eigenvalue weighted by molar-refractivity contribution is 6.31. The Kier molecular flexibility index (Phi) is 2.93. The van der Waals surface area contributed by atoms with Crippen LogP contribution in [0.1, 0.15) is 11.3 Å². The third-order valence-corrected chi connectivity index (χ3v) is 2.74. The van der Waals surface area contributed by atoms with Gasteiger partial charge in [-0.15, -0.1) is 0 Å². The molecule has 78 valence electrons. The minimum absolute atomic E-state index is 0.489. The summed E-state index contributed by atoms with van der Waals surface area (Å²) >= 11 is 11.7. The van der Waals surface area contributed by atoms with Gasteiger partial charge in [0.1, 0.15) is 5.15 Å². The van der Waals surface area contributed by atoms with E-state index in [1.165, 1.54) is 0 Å². The van der Waals surface area contributed by atoms with Gasteiger partial charge in [0.05, 0.1) is 23.5 Å². The van der Waals surface area contributed by atoms with Crippen LogP contribution < -0.4 is 0 Å². The SMILES string of the molecule is Cc1c(Cl)cnn1Cc1ccnc(Cl)c1. The average molecular weight is 242 g/mol. The quantitative estimate of drug-likeness (QED) is 0.758. The normalized spacial score (nSPS) is 10.6. The van der Waals surface area contributed by atoms with Crippen molar-refractivity contribution in [3.8, 4) is 0 Å². The molecule has 0 fully saturated rings. The smallest absolute Gasteiger partial charge is 0.129 e. The van der Waals surface area contributed by atoms with Crippen molar-refractivity contribution in [3.05, 3.63) is 46.0 Å². The molecule has 0 saturated heterocycles. The van der Waals surface area contributed by atoms with Crippen molar-refractivity contribution < 1.29 is 0 Å². The van der Waals surface area contributed by atoms with E-state index in [-0.39, 0.29) is 0 Å². The molecular formula is C10H9Cl2N3. The van der Waals surface area contributed by atoms with Gasteiger partial charge < -0.3 is 0 Å². The predicted octanol–water partition coefficient (Wildman–Crippen LogP) is 2.94. The van der Waals surface area contributed by atoms with Crippen molar-refractivity contribution in [2.75, 3.05) is 0 Å².